The van der Waals surface area contributed by atoms with Crippen LogP contribution in [0.5, 0.6) is 0 Å². The van der Waals surface area contributed by atoms with Gasteiger partial charge in [-0.3, -0.25) is 4.79 Å². The molecule has 0 amide bonds. The van der Waals surface area contributed by atoms with Crippen LogP contribution >= 0.6 is 55.1 Å². The van der Waals surface area contributed by atoms with E-state index in [0.29, 0.717) is 20.1 Å². The van der Waals surface area contributed by atoms with E-state index in [4.69, 9.17) is 23.2 Å². The molecule has 0 spiro atoms. The standard InChI is InChI=1S/C14H8Br2Cl2O/c15-9-2-1-8(13(18)6-9)5-14(19)11-4-3-10(17)7-12(11)16/h1-4,6-7H,5H2. The van der Waals surface area contributed by atoms with Gasteiger partial charge in [0.15, 0.2) is 5.78 Å². The van der Waals surface area contributed by atoms with Crippen LogP contribution in [-0.4, -0.2) is 5.78 Å². The number of carbonyl (C=O) groups excluding carboxylic acids is 1. The van der Waals surface area contributed by atoms with Gasteiger partial charge in [-0.15, -0.1) is 0 Å². The van der Waals surface area contributed by atoms with Gasteiger partial charge in [0, 0.05) is 31.0 Å². The topological polar surface area (TPSA) is 17.1 Å². The summed E-state index contributed by atoms with van der Waals surface area (Å²) in [4.78, 5) is 12.2. The van der Waals surface area contributed by atoms with Crippen LogP contribution in [0.3, 0.4) is 0 Å². The molecule has 0 fully saturated rings. The van der Waals surface area contributed by atoms with E-state index in [1.165, 1.54) is 0 Å². The molecule has 0 aliphatic rings. The van der Waals surface area contributed by atoms with E-state index in [-0.39, 0.29) is 12.2 Å². The van der Waals surface area contributed by atoms with Crippen molar-refractivity contribution in [1.29, 1.82) is 0 Å². The van der Waals surface area contributed by atoms with Crippen LogP contribution in [0.1, 0.15) is 15.9 Å². The predicted octanol–water partition coefficient (Wildman–Crippen LogP) is 5.94. The van der Waals surface area contributed by atoms with Crippen molar-refractivity contribution in [1.82, 2.24) is 0 Å². The highest BCUT2D eigenvalue weighted by Gasteiger charge is 2.13. The van der Waals surface area contributed by atoms with E-state index in [2.05, 4.69) is 31.9 Å². The molecule has 0 heterocycles. The van der Waals surface area contributed by atoms with Crippen molar-refractivity contribution in [2.75, 3.05) is 0 Å². The first-order valence-corrected chi connectivity index (χ1v) is 7.74. The van der Waals surface area contributed by atoms with Crippen LogP contribution in [0.15, 0.2) is 45.3 Å². The smallest absolute Gasteiger partial charge is 0.168 e. The van der Waals surface area contributed by atoms with Crippen molar-refractivity contribution in [3.8, 4) is 0 Å². The first-order chi connectivity index (χ1) is 8.97. The van der Waals surface area contributed by atoms with Gasteiger partial charge in [-0.05, 0) is 51.8 Å². The van der Waals surface area contributed by atoms with Crippen molar-refractivity contribution in [3.63, 3.8) is 0 Å². The Morgan fingerprint density at radius 1 is 1.05 bits per heavy atom. The van der Waals surface area contributed by atoms with E-state index >= 15 is 0 Å². The average molecular weight is 423 g/mol. The molecule has 0 aliphatic carbocycles. The molecule has 0 bridgehead atoms. The molecule has 0 saturated carbocycles. The number of Topliss-reactive ketones (excluding diaryl/α,β-unsaturated/α-hetero) is 1. The highest BCUT2D eigenvalue weighted by molar-refractivity contribution is 9.10. The maximum absolute atomic E-state index is 12.2. The fraction of sp³-hybridized carbons (Fsp3) is 0.0714. The zero-order chi connectivity index (χ0) is 14.0. The molecule has 0 radical (unpaired) electrons. The average Bonchev–Trinajstić information content (AvgIpc) is 2.32. The highest BCUT2D eigenvalue weighted by Crippen LogP contribution is 2.26. The summed E-state index contributed by atoms with van der Waals surface area (Å²) in [5.41, 5.74) is 1.40. The van der Waals surface area contributed by atoms with Crippen molar-refractivity contribution in [2.45, 2.75) is 6.42 Å². The van der Waals surface area contributed by atoms with Crippen molar-refractivity contribution >= 4 is 60.8 Å². The quantitative estimate of drug-likeness (QED) is 0.559. The predicted molar refractivity (Wildman–Crippen MR) is 86.3 cm³/mol. The summed E-state index contributed by atoms with van der Waals surface area (Å²) in [5, 5.41) is 1.16. The number of halogens is 4. The summed E-state index contributed by atoms with van der Waals surface area (Å²) in [5.74, 6) is -0.00670. The van der Waals surface area contributed by atoms with Gasteiger partial charge in [-0.25, -0.2) is 0 Å². The van der Waals surface area contributed by atoms with Crippen LogP contribution in [-0.2, 0) is 6.42 Å². The molecule has 1 nitrogen and oxygen atoms in total. The molecule has 0 aromatic heterocycles. The van der Waals surface area contributed by atoms with Gasteiger partial charge in [0.1, 0.15) is 0 Å². The Hall–Kier alpha value is -0.350. The number of hydrogen-bond acceptors (Lipinski definition) is 1. The van der Waals surface area contributed by atoms with Gasteiger partial charge < -0.3 is 0 Å². The van der Waals surface area contributed by atoms with Crippen molar-refractivity contribution in [3.05, 3.63) is 66.5 Å². The molecule has 98 valence electrons. The Labute approximate surface area is 138 Å². The molecule has 5 heteroatoms. The minimum atomic E-state index is -0.00670. The van der Waals surface area contributed by atoms with Crippen molar-refractivity contribution < 1.29 is 4.79 Å². The van der Waals surface area contributed by atoms with E-state index in [9.17, 15) is 4.79 Å². The summed E-state index contributed by atoms with van der Waals surface area (Å²) in [6.45, 7) is 0. The van der Waals surface area contributed by atoms with Gasteiger partial charge in [-0.2, -0.15) is 0 Å². The van der Waals surface area contributed by atoms with Gasteiger partial charge in [0.25, 0.3) is 0 Å². The number of benzene rings is 2. The Morgan fingerprint density at radius 2 is 1.79 bits per heavy atom. The third-order valence-electron chi connectivity index (χ3n) is 2.60. The largest absolute Gasteiger partial charge is 0.294 e. The Balaban J connectivity index is 2.25. The third-order valence-corrected chi connectivity index (χ3v) is 4.33. The SMILES string of the molecule is O=C(Cc1ccc(Br)cc1Cl)c1ccc(Cl)cc1Br. The lowest BCUT2D eigenvalue weighted by Crippen LogP contribution is -2.05. The van der Waals surface area contributed by atoms with Crippen LogP contribution in [0.25, 0.3) is 0 Å². The normalized spacial score (nSPS) is 10.5. The Bertz CT molecular complexity index is 641. The summed E-state index contributed by atoms with van der Waals surface area (Å²) in [7, 11) is 0. The fourth-order valence-corrected chi connectivity index (χ4v) is 3.29. The van der Waals surface area contributed by atoms with Gasteiger partial charge in [0.2, 0.25) is 0 Å². The van der Waals surface area contributed by atoms with Crippen LogP contribution in [0, 0.1) is 0 Å². The number of carbonyl (C=O) groups is 1. The number of rotatable bonds is 3. The number of hydrogen-bond donors (Lipinski definition) is 0. The molecule has 0 saturated heterocycles. The van der Waals surface area contributed by atoms with E-state index in [1.807, 2.05) is 12.1 Å². The number of ketones is 1. The lowest BCUT2D eigenvalue weighted by Gasteiger charge is -2.06. The molecule has 0 unspecified atom stereocenters. The molecular weight excluding hydrogens is 415 g/mol. The first kappa shape index (κ1) is 15.0. The molecule has 0 atom stereocenters. The monoisotopic (exact) mass is 420 g/mol. The molecule has 2 aromatic rings. The minimum absolute atomic E-state index is 0.00670. The maximum atomic E-state index is 12.2. The van der Waals surface area contributed by atoms with Crippen LogP contribution < -0.4 is 0 Å². The zero-order valence-corrected chi connectivity index (χ0v) is 14.3. The van der Waals surface area contributed by atoms with Crippen LogP contribution in [0.2, 0.25) is 10.0 Å². The summed E-state index contributed by atoms with van der Waals surface area (Å²) in [6, 6.07) is 10.6. The molecule has 2 aromatic carbocycles. The second-order valence-corrected chi connectivity index (χ2v) is 6.57. The molecule has 2 rings (SSSR count). The summed E-state index contributed by atoms with van der Waals surface area (Å²) >= 11 is 18.6. The van der Waals surface area contributed by atoms with Crippen molar-refractivity contribution in [2.24, 2.45) is 0 Å². The molecule has 0 N–H and O–H groups in total. The third kappa shape index (κ3) is 3.82. The Morgan fingerprint density at radius 3 is 2.42 bits per heavy atom. The first-order valence-electron chi connectivity index (χ1n) is 5.39. The van der Waals surface area contributed by atoms with Gasteiger partial charge >= 0.3 is 0 Å². The maximum Gasteiger partial charge on any atom is 0.168 e. The lowest BCUT2D eigenvalue weighted by atomic mass is 10.0. The fourth-order valence-electron chi connectivity index (χ4n) is 1.65. The zero-order valence-electron chi connectivity index (χ0n) is 9.59. The van der Waals surface area contributed by atoms with Crippen LogP contribution in [0.4, 0.5) is 0 Å². The molecular formula is C14H8Br2Cl2O. The summed E-state index contributed by atoms with van der Waals surface area (Å²) < 4.78 is 1.58. The molecule has 0 aliphatic heterocycles. The summed E-state index contributed by atoms with van der Waals surface area (Å²) in [6.07, 6.45) is 0.256. The Kier molecular flexibility index (Phi) is 5.07. The van der Waals surface area contributed by atoms with E-state index in [1.54, 1.807) is 24.3 Å². The van der Waals surface area contributed by atoms with Gasteiger partial charge in [0.05, 0.1) is 0 Å². The second kappa shape index (κ2) is 6.40. The lowest BCUT2D eigenvalue weighted by molar-refractivity contribution is 0.0992. The van der Waals surface area contributed by atoms with Gasteiger partial charge in [-0.1, -0.05) is 45.2 Å². The highest BCUT2D eigenvalue weighted by atomic mass is 79.9. The second-order valence-electron chi connectivity index (χ2n) is 3.96. The minimum Gasteiger partial charge on any atom is -0.294 e. The molecule has 19 heavy (non-hydrogen) atoms. The van der Waals surface area contributed by atoms with E-state index < -0.39 is 0 Å². The van der Waals surface area contributed by atoms with E-state index in [0.717, 1.165) is 10.0 Å².